The summed E-state index contributed by atoms with van der Waals surface area (Å²) >= 11 is 0. The van der Waals surface area contributed by atoms with Crippen molar-refractivity contribution >= 4 is 0 Å². The van der Waals surface area contributed by atoms with Crippen LogP contribution in [-0.2, 0) is 11.2 Å². The molecular formula is C15H25NO3. The van der Waals surface area contributed by atoms with Crippen LogP contribution < -0.4 is 10.1 Å². The van der Waals surface area contributed by atoms with Gasteiger partial charge in [-0.2, -0.15) is 0 Å². The number of ether oxygens (including phenoxy) is 2. The summed E-state index contributed by atoms with van der Waals surface area (Å²) in [5.74, 6) is -0.762. The lowest BCUT2D eigenvalue weighted by Gasteiger charge is -2.15. The molecule has 0 spiro atoms. The fraction of sp³-hybridized carbons (Fsp3) is 0.600. The molecule has 2 atom stereocenters. The van der Waals surface area contributed by atoms with Crippen LogP contribution in [0.4, 0.5) is 0 Å². The number of benzene rings is 1. The van der Waals surface area contributed by atoms with E-state index in [0.29, 0.717) is 0 Å². The molecule has 0 amide bonds. The summed E-state index contributed by atoms with van der Waals surface area (Å²) in [7, 11) is 1.26. The SMILES string of the molecule is [2H]c1c([2H])c(OC([2H])([2H])C(O)C([2H])([2H])NC(C)C)c([2H])c([2H])c1CC([2H])OC. The largest absolute Gasteiger partial charge is 0.491 e. The number of hydrogen-bond donors (Lipinski definition) is 2. The minimum absolute atomic E-state index is 0.0953. The lowest BCUT2D eigenvalue weighted by atomic mass is 10.1. The molecule has 0 aliphatic rings. The molecule has 1 aromatic rings. The molecule has 0 radical (unpaired) electrons. The van der Waals surface area contributed by atoms with Crippen molar-refractivity contribution in [2.75, 3.05) is 26.7 Å². The maximum atomic E-state index is 10.1. The normalized spacial score (nSPS) is 22.7. The summed E-state index contributed by atoms with van der Waals surface area (Å²) in [4.78, 5) is 0. The molecule has 0 aromatic heterocycles. The second-order valence-corrected chi connectivity index (χ2v) is 3.98. The van der Waals surface area contributed by atoms with Crippen LogP contribution in [0.25, 0.3) is 0 Å². The van der Waals surface area contributed by atoms with Gasteiger partial charge in [-0.3, -0.25) is 0 Å². The Morgan fingerprint density at radius 3 is 2.63 bits per heavy atom. The second-order valence-electron chi connectivity index (χ2n) is 3.98. The van der Waals surface area contributed by atoms with Crippen LogP contribution in [0.1, 0.15) is 31.7 Å². The Balaban J connectivity index is 3.31. The van der Waals surface area contributed by atoms with E-state index in [4.69, 9.17) is 21.8 Å². The van der Waals surface area contributed by atoms with Crippen molar-refractivity contribution in [2.45, 2.75) is 32.4 Å². The van der Waals surface area contributed by atoms with Crippen molar-refractivity contribution in [3.63, 3.8) is 0 Å². The standard InChI is InChI=1S/C15H25NO3/c1-12(2)16-10-14(17)11-19-15-6-4-13(5-7-15)8-9-18-3/h4-7,12,14,16-17H,8-11H2,1-3H3/i4D,5D,6D,7D,9D,10D2,11D2. The van der Waals surface area contributed by atoms with E-state index in [9.17, 15) is 5.11 Å². The van der Waals surface area contributed by atoms with Crippen LogP contribution >= 0.6 is 0 Å². The molecule has 0 aliphatic heterocycles. The van der Waals surface area contributed by atoms with Gasteiger partial charge in [0.1, 0.15) is 18.4 Å². The monoisotopic (exact) mass is 276 g/mol. The zero-order chi connectivity index (χ0) is 22.0. The van der Waals surface area contributed by atoms with Gasteiger partial charge in [-0.1, -0.05) is 25.9 Å². The summed E-state index contributed by atoms with van der Waals surface area (Å²) in [6.45, 7) is -3.57. The fourth-order valence-corrected chi connectivity index (χ4v) is 1.04. The summed E-state index contributed by atoms with van der Waals surface area (Å²) in [6, 6.07) is -2.88. The molecule has 4 heteroatoms. The van der Waals surface area contributed by atoms with Crippen molar-refractivity contribution < 1.29 is 26.9 Å². The summed E-state index contributed by atoms with van der Waals surface area (Å²) in [6.07, 6.45) is -2.56. The average molecular weight is 276 g/mol. The Morgan fingerprint density at radius 2 is 2.05 bits per heavy atom. The lowest BCUT2D eigenvalue weighted by molar-refractivity contribution is 0.104. The minimum atomic E-state index is -3.07. The number of rotatable bonds is 9. The fourth-order valence-electron chi connectivity index (χ4n) is 1.04. The van der Waals surface area contributed by atoms with Gasteiger partial charge in [-0.05, 0) is 24.1 Å². The first-order valence-corrected chi connectivity index (χ1v) is 5.84. The maximum absolute atomic E-state index is 10.1. The van der Waals surface area contributed by atoms with Crippen molar-refractivity contribution in [2.24, 2.45) is 0 Å². The van der Waals surface area contributed by atoms with Gasteiger partial charge < -0.3 is 19.9 Å². The highest BCUT2D eigenvalue weighted by molar-refractivity contribution is 5.27. The van der Waals surface area contributed by atoms with Gasteiger partial charge in [0.2, 0.25) is 0 Å². The first-order valence-electron chi connectivity index (χ1n) is 10.4. The van der Waals surface area contributed by atoms with Crippen molar-refractivity contribution in [3.8, 4) is 5.75 Å². The molecule has 1 aromatic carbocycles. The van der Waals surface area contributed by atoms with Crippen LogP contribution in [0.5, 0.6) is 5.75 Å². The van der Waals surface area contributed by atoms with Crippen molar-refractivity contribution in [3.05, 3.63) is 29.7 Å². The number of aliphatic hydroxyl groups is 1. The van der Waals surface area contributed by atoms with E-state index in [1.165, 1.54) is 7.11 Å². The minimum Gasteiger partial charge on any atom is -0.491 e. The molecule has 4 nitrogen and oxygen atoms in total. The molecule has 2 N–H and O–H groups in total. The molecule has 1 rings (SSSR count). The molecule has 0 saturated carbocycles. The van der Waals surface area contributed by atoms with Gasteiger partial charge in [0.05, 0.1) is 16.2 Å². The van der Waals surface area contributed by atoms with Gasteiger partial charge in [-0.15, -0.1) is 0 Å². The topological polar surface area (TPSA) is 50.7 Å². The lowest BCUT2D eigenvalue weighted by Crippen LogP contribution is -2.35. The Labute approximate surface area is 128 Å². The highest BCUT2D eigenvalue weighted by Crippen LogP contribution is 2.12. The quantitative estimate of drug-likeness (QED) is 0.719. The van der Waals surface area contributed by atoms with Gasteiger partial charge >= 0.3 is 0 Å². The first-order chi connectivity index (χ1) is 12.7. The second kappa shape index (κ2) is 8.91. The van der Waals surface area contributed by atoms with Crippen molar-refractivity contribution in [1.82, 2.24) is 5.32 Å². The van der Waals surface area contributed by atoms with Gasteiger partial charge in [0.15, 0.2) is 0 Å². The zero-order valence-electron chi connectivity index (χ0n) is 20.2. The number of hydrogen-bond acceptors (Lipinski definition) is 4. The Kier molecular flexibility index (Phi) is 3.31. The predicted octanol–water partition coefficient (Wildman–Crippen LogP) is 1.61. The third kappa shape index (κ3) is 7.15. The highest BCUT2D eigenvalue weighted by Gasteiger charge is 2.05. The average Bonchev–Trinajstić information content (AvgIpc) is 2.58. The highest BCUT2D eigenvalue weighted by atomic mass is 16.5. The number of methoxy groups -OCH3 is 1. The molecule has 0 saturated heterocycles. The van der Waals surface area contributed by atoms with E-state index in [1.54, 1.807) is 13.8 Å². The van der Waals surface area contributed by atoms with Crippen LogP contribution in [0.2, 0.25) is 0 Å². The van der Waals surface area contributed by atoms with E-state index in [-0.39, 0.29) is 12.0 Å². The molecule has 108 valence electrons. The van der Waals surface area contributed by atoms with Crippen molar-refractivity contribution in [1.29, 1.82) is 0 Å². The predicted molar refractivity (Wildman–Crippen MR) is 76.7 cm³/mol. The van der Waals surface area contributed by atoms with Gasteiger partial charge in [0, 0.05) is 22.4 Å². The van der Waals surface area contributed by atoms with E-state index >= 15 is 0 Å². The van der Waals surface area contributed by atoms with E-state index in [0.717, 1.165) is 0 Å². The van der Waals surface area contributed by atoms with Crippen LogP contribution in [-0.4, -0.2) is 44.0 Å². The molecule has 0 aliphatic carbocycles. The summed E-state index contributed by atoms with van der Waals surface area (Å²) < 4.78 is 80.6. The van der Waals surface area contributed by atoms with E-state index < -0.39 is 61.7 Å². The third-order valence-electron chi connectivity index (χ3n) is 1.89. The molecule has 19 heavy (non-hydrogen) atoms. The molecule has 0 heterocycles. The van der Waals surface area contributed by atoms with E-state index in [2.05, 4.69) is 5.32 Å². The summed E-state index contributed by atoms with van der Waals surface area (Å²) in [5, 5.41) is 12.5. The smallest absolute Gasteiger partial charge is 0.119 e. The Morgan fingerprint density at radius 1 is 1.37 bits per heavy atom. The van der Waals surface area contributed by atoms with Crippen LogP contribution in [0.15, 0.2) is 24.2 Å². The molecular weight excluding hydrogens is 242 g/mol. The van der Waals surface area contributed by atoms with E-state index in [1.807, 2.05) is 0 Å². The number of nitrogens with one attached hydrogen (secondary N) is 1. The Hall–Kier alpha value is -1.10. The van der Waals surface area contributed by atoms with Crippen LogP contribution in [0.3, 0.4) is 0 Å². The van der Waals surface area contributed by atoms with Gasteiger partial charge in [0.25, 0.3) is 0 Å². The summed E-state index contributed by atoms with van der Waals surface area (Å²) in [5.41, 5.74) is -0.0953. The molecule has 2 unspecified atom stereocenters. The third-order valence-corrected chi connectivity index (χ3v) is 1.89. The molecule has 0 bridgehead atoms. The van der Waals surface area contributed by atoms with Crippen LogP contribution in [0, 0.1) is 0 Å². The number of aliphatic hydroxyl groups excluding tert-OH is 1. The first kappa shape index (κ1) is 7.07. The van der Waals surface area contributed by atoms with Gasteiger partial charge in [-0.25, -0.2) is 0 Å². The molecule has 0 fully saturated rings. The zero-order valence-corrected chi connectivity index (χ0v) is 11.2. The Bertz CT molecular complexity index is 671. The maximum Gasteiger partial charge on any atom is 0.119 e.